The average molecular weight is 338 g/mol. The fourth-order valence-corrected chi connectivity index (χ4v) is 2.40. The molecule has 0 radical (unpaired) electrons. The van der Waals surface area contributed by atoms with Crippen LogP contribution < -0.4 is 5.32 Å². The molecule has 1 aliphatic rings. The Morgan fingerprint density at radius 1 is 0.880 bits per heavy atom. The number of carbonyl (C=O) groups is 4. The van der Waals surface area contributed by atoms with E-state index < -0.39 is 24.3 Å². The first-order chi connectivity index (χ1) is 12.1. The molecule has 25 heavy (non-hydrogen) atoms. The van der Waals surface area contributed by atoms with Crippen LogP contribution in [0.5, 0.6) is 0 Å². The number of nitrogens with one attached hydrogen (secondary N) is 1. The highest BCUT2D eigenvalue weighted by Crippen LogP contribution is 2.22. The molecule has 2 aromatic carbocycles. The first kappa shape index (κ1) is 16.4. The van der Waals surface area contributed by atoms with Gasteiger partial charge in [0, 0.05) is 0 Å². The summed E-state index contributed by atoms with van der Waals surface area (Å²) in [4.78, 5) is 52.5. The van der Waals surface area contributed by atoms with Crippen LogP contribution in [0.2, 0.25) is 0 Å². The van der Waals surface area contributed by atoms with Crippen molar-refractivity contribution in [3.05, 3.63) is 71.3 Å². The lowest BCUT2D eigenvalue weighted by Crippen LogP contribution is -2.38. The molecule has 0 aliphatic carbocycles. The number of amides is 3. The van der Waals surface area contributed by atoms with Crippen molar-refractivity contribution in [3.8, 4) is 0 Å². The predicted octanol–water partition coefficient (Wildman–Crippen LogP) is 1.10. The quantitative estimate of drug-likeness (QED) is 0.824. The second kappa shape index (κ2) is 6.96. The Bertz CT molecular complexity index is 813. The topological polar surface area (TPSA) is 92.8 Å². The summed E-state index contributed by atoms with van der Waals surface area (Å²) in [5.41, 5.74) is 1.15. The first-order valence-electron chi connectivity index (χ1n) is 7.55. The molecule has 0 aromatic heterocycles. The van der Waals surface area contributed by atoms with Crippen molar-refractivity contribution in [2.45, 2.75) is 6.42 Å². The van der Waals surface area contributed by atoms with Crippen molar-refractivity contribution in [1.29, 1.82) is 0 Å². The van der Waals surface area contributed by atoms with Crippen LogP contribution in [0.1, 0.15) is 26.3 Å². The van der Waals surface area contributed by atoms with E-state index in [9.17, 15) is 19.2 Å². The zero-order chi connectivity index (χ0) is 17.8. The number of imide groups is 1. The van der Waals surface area contributed by atoms with Crippen molar-refractivity contribution in [2.75, 3.05) is 6.54 Å². The standard InChI is InChI=1S/C18H14N2O5/c21-15(10-12-6-2-1-3-7-12)19-11-16(22)25-20-17(23)13-8-4-5-9-14(13)18(20)24/h1-9H,10-11H2,(H,19,21). The molecular formula is C18H14N2O5. The van der Waals surface area contributed by atoms with Crippen molar-refractivity contribution < 1.29 is 24.0 Å². The van der Waals surface area contributed by atoms with Crippen LogP contribution in [0.4, 0.5) is 0 Å². The summed E-state index contributed by atoms with van der Waals surface area (Å²) < 4.78 is 0. The highest BCUT2D eigenvalue weighted by atomic mass is 16.7. The summed E-state index contributed by atoms with van der Waals surface area (Å²) in [7, 11) is 0. The molecule has 3 rings (SSSR count). The summed E-state index contributed by atoms with van der Waals surface area (Å²) in [6.07, 6.45) is 0.112. The van der Waals surface area contributed by atoms with Gasteiger partial charge in [0.05, 0.1) is 17.5 Å². The molecule has 0 atom stereocenters. The minimum Gasteiger partial charge on any atom is -0.345 e. The third-order valence-electron chi connectivity index (χ3n) is 3.59. The molecule has 1 N–H and O–H groups in total. The molecule has 0 saturated carbocycles. The van der Waals surface area contributed by atoms with Crippen molar-refractivity contribution in [1.82, 2.24) is 10.4 Å². The Balaban J connectivity index is 1.53. The molecule has 7 nitrogen and oxygen atoms in total. The van der Waals surface area contributed by atoms with Gasteiger partial charge < -0.3 is 10.2 Å². The molecule has 0 spiro atoms. The molecule has 1 heterocycles. The van der Waals surface area contributed by atoms with Crippen LogP contribution in [-0.4, -0.2) is 35.3 Å². The minimum atomic E-state index is -0.907. The van der Waals surface area contributed by atoms with Crippen LogP contribution in [0.3, 0.4) is 0 Å². The Morgan fingerprint density at radius 2 is 1.44 bits per heavy atom. The second-order valence-corrected chi connectivity index (χ2v) is 5.35. The van der Waals surface area contributed by atoms with Gasteiger partial charge in [-0.15, -0.1) is 0 Å². The van der Waals surface area contributed by atoms with Crippen molar-refractivity contribution in [3.63, 3.8) is 0 Å². The number of carbonyl (C=O) groups excluding carboxylic acids is 4. The van der Waals surface area contributed by atoms with Crippen LogP contribution in [0, 0.1) is 0 Å². The van der Waals surface area contributed by atoms with Crippen LogP contribution >= 0.6 is 0 Å². The molecule has 0 bridgehead atoms. The predicted molar refractivity (Wildman–Crippen MR) is 86.2 cm³/mol. The van der Waals surface area contributed by atoms with E-state index in [1.807, 2.05) is 6.07 Å². The minimum absolute atomic E-state index is 0.112. The Labute approximate surface area is 143 Å². The maximum Gasteiger partial charge on any atom is 0.352 e. The van der Waals surface area contributed by atoms with E-state index in [4.69, 9.17) is 4.84 Å². The number of rotatable bonds is 5. The second-order valence-electron chi connectivity index (χ2n) is 5.35. The van der Waals surface area contributed by atoms with E-state index in [0.29, 0.717) is 5.06 Å². The number of hydrogen-bond acceptors (Lipinski definition) is 5. The third kappa shape index (κ3) is 3.55. The van der Waals surface area contributed by atoms with Crippen molar-refractivity contribution >= 4 is 23.7 Å². The summed E-state index contributed by atoms with van der Waals surface area (Å²) in [6.45, 7) is -0.445. The van der Waals surface area contributed by atoms with Gasteiger partial charge in [-0.1, -0.05) is 47.5 Å². The summed E-state index contributed by atoms with van der Waals surface area (Å²) in [5.74, 6) is -2.68. The number of nitrogens with zero attached hydrogens (tertiary/aromatic N) is 1. The maximum atomic E-state index is 12.1. The van der Waals surface area contributed by atoms with Crippen LogP contribution in [-0.2, 0) is 20.8 Å². The van der Waals surface area contributed by atoms with E-state index in [0.717, 1.165) is 5.56 Å². The van der Waals surface area contributed by atoms with Gasteiger partial charge in [0.15, 0.2) is 0 Å². The van der Waals surface area contributed by atoms with Crippen LogP contribution in [0.15, 0.2) is 54.6 Å². The van der Waals surface area contributed by atoms with Crippen molar-refractivity contribution in [2.24, 2.45) is 0 Å². The number of benzene rings is 2. The van der Waals surface area contributed by atoms with E-state index in [1.165, 1.54) is 12.1 Å². The van der Waals surface area contributed by atoms with Gasteiger partial charge in [-0.2, -0.15) is 0 Å². The molecule has 3 amide bonds. The maximum absolute atomic E-state index is 12.1. The molecular weight excluding hydrogens is 324 g/mol. The monoisotopic (exact) mass is 338 g/mol. The lowest BCUT2D eigenvalue weighted by molar-refractivity contribution is -0.167. The molecule has 0 unspecified atom stereocenters. The highest BCUT2D eigenvalue weighted by Gasteiger charge is 2.38. The summed E-state index contributed by atoms with van der Waals surface area (Å²) >= 11 is 0. The summed E-state index contributed by atoms with van der Waals surface area (Å²) in [5, 5.41) is 2.81. The van der Waals surface area contributed by atoms with Gasteiger partial charge in [-0.05, 0) is 17.7 Å². The lowest BCUT2D eigenvalue weighted by atomic mass is 10.1. The molecule has 126 valence electrons. The highest BCUT2D eigenvalue weighted by molar-refractivity contribution is 6.20. The first-order valence-corrected chi connectivity index (χ1v) is 7.55. The number of fused-ring (bicyclic) bond motifs is 1. The van der Waals surface area contributed by atoms with Gasteiger partial charge in [-0.25, -0.2) is 4.79 Å². The van der Waals surface area contributed by atoms with Gasteiger partial charge >= 0.3 is 5.97 Å². The molecule has 0 saturated heterocycles. The molecule has 0 fully saturated rings. The Morgan fingerprint density at radius 3 is 2.04 bits per heavy atom. The van der Waals surface area contributed by atoms with E-state index >= 15 is 0 Å². The smallest absolute Gasteiger partial charge is 0.345 e. The third-order valence-corrected chi connectivity index (χ3v) is 3.59. The van der Waals surface area contributed by atoms with Crippen LogP contribution in [0.25, 0.3) is 0 Å². The zero-order valence-corrected chi connectivity index (χ0v) is 13.1. The Kier molecular flexibility index (Phi) is 4.56. The normalized spacial score (nSPS) is 12.7. The SMILES string of the molecule is O=C(Cc1ccccc1)NCC(=O)ON1C(=O)c2ccccc2C1=O. The van der Waals surface area contributed by atoms with E-state index in [-0.39, 0.29) is 23.5 Å². The van der Waals surface area contributed by atoms with Gasteiger partial charge in [0.2, 0.25) is 5.91 Å². The van der Waals surface area contributed by atoms with E-state index in [1.54, 1.807) is 36.4 Å². The van der Waals surface area contributed by atoms with E-state index in [2.05, 4.69) is 5.32 Å². The largest absolute Gasteiger partial charge is 0.352 e. The molecule has 7 heteroatoms. The molecule has 1 aliphatic heterocycles. The number of hydrogen-bond donors (Lipinski definition) is 1. The fraction of sp³-hybridized carbons (Fsp3) is 0.111. The lowest BCUT2D eigenvalue weighted by Gasteiger charge is -2.13. The zero-order valence-electron chi connectivity index (χ0n) is 13.1. The Hall–Kier alpha value is -3.48. The summed E-state index contributed by atoms with van der Waals surface area (Å²) in [6, 6.07) is 15.2. The molecule has 2 aromatic rings. The average Bonchev–Trinajstić information content (AvgIpc) is 2.86. The fourth-order valence-electron chi connectivity index (χ4n) is 2.40. The van der Waals surface area contributed by atoms with Gasteiger partial charge in [-0.3, -0.25) is 14.4 Å². The number of hydroxylamine groups is 2. The van der Waals surface area contributed by atoms with Gasteiger partial charge in [0.25, 0.3) is 11.8 Å². The van der Waals surface area contributed by atoms with Gasteiger partial charge in [0.1, 0.15) is 6.54 Å².